The number of aliphatic hydroxyl groups is 2. The molecule has 0 bridgehead atoms. The summed E-state index contributed by atoms with van der Waals surface area (Å²) >= 11 is 0. The highest BCUT2D eigenvalue weighted by atomic mass is 16.3. The third-order valence-corrected chi connectivity index (χ3v) is 3.80. The zero-order chi connectivity index (χ0) is 14.0. The number of β-amino-alcohol motifs (C(OH)–C–C–N with tert-alkyl or cyclic N) is 1. The van der Waals surface area contributed by atoms with Crippen LogP contribution < -0.4 is 4.90 Å². The molecule has 1 aliphatic rings. The molecule has 4 heteroatoms. The highest BCUT2D eigenvalue weighted by Crippen LogP contribution is 2.28. The zero-order valence-electron chi connectivity index (χ0n) is 12.0. The van der Waals surface area contributed by atoms with Gasteiger partial charge in [0.15, 0.2) is 0 Å². The van der Waals surface area contributed by atoms with Crippen LogP contribution in [-0.4, -0.2) is 54.4 Å². The van der Waals surface area contributed by atoms with Gasteiger partial charge in [0.1, 0.15) is 0 Å². The Morgan fingerprint density at radius 1 is 1.37 bits per heavy atom. The van der Waals surface area contributed by atoms with Crippen molar-refractivity contribution in [2.75, 3.05) is 32.1 Å². The Balaban J connectivity index is 2.21. The third kappa shape index (κ3) is 3.26. The molecular formula is C15H24N2O2. The topological polar surface area (TPSA) is 46.9 Å². The SMILES string of the molecule is Cc1cc(N2CC(O)CC2CN(C)C)ccc1CO. The molecule has 0 saturated carbocycles. The predicted molar refractivity (Wildman–Crippen MR) is 77.4 cm³/mol. The van der Waals surface area contributed by atoms with Crippen molar-refractivity contribution in [1.82, 2.24) is 4.90 Å². The van der Waals surface area contributed by atoms with Crippen molar-refractivity contribution in [3.05, 3.63) is 29.3 Å². The number of aliphatic hydroxyl groups excluding tert-OH is 2. The minimum Gasteiger partial charge on any atom is -0.392 e. The van der Waals surface area contributed by atoms with Crippen LogP contribution in [0.25, 0.3) is 0 Å². The fourth-order valence-electron chi connectivity index (χ4n) is 2.84. The van der Waals surface area contributed by atoms with E-state index in [1.54, 1.807) is 0 Å². The monoisotopic (exact) mass is 264 g/mol. The maximum Gasteiger partial charge on any atom is 0.0735 e. The van der Waals surface area contributed by atoms with Crippen molar-refractivity contribution in [3.8, 4) is 0 Å². The summed E-state index contributed by atoms with van der Waals surface area (Å²) in [5.41, 5.74) is 3.20. The first-order valence-electron chi connectivity index (χ1n) is 6.81. The summed E-state index contributed by atoms with van der Waals surface area (Å²) < 4.78 is 0. The Morgan fingerprint density at radius 3 is 2.68 bits per heavy atom. The van der Waals surface area contributed by atoms with Crippen LogP contribution in [0.5, 0.6) is 0 Å². The lowest BCUT2D eigenvalue weighted by atomic mass is 10.1. The molecule has 2 unspecified atom stereocenters. The van der Waals surface area contributed by atoms with Gasteiger partial charge >= 0.3 is 0 Å². The molecule has 1 aromatic carbocycles. The fourth-order valence-corrected chi connectivity index (χ4v) is 2.84. The Labute approximate surface area is 115 Å². The van der Waals surface area contributed by atoms with Gasteiger partial charge in [-0.2, -0.15) is 0 Å². The normalized spacial score (nSPS) is 23.4. The summed E-state index contributed by atoms with van der Waals surface area (Å²) in [5, 5.41) is 19.1. The summed E-state index contributed by atoms with van der Waals surface area (Å²) in [6.07, 6.45) is 0.571. The Hall–Kier alpha value is -1.10. The summed E-state index contributed by atoms with van der Waals surface area (Å²) in [6, 6.07) is 6.47. The minimum atomic E-state index is -0.247. The molecule has 0 aliphatic carbocycles. The average Bonchev–Trinajstić information content (AvgIpc) is 2.69. The standard InChI is InChI=1S/C15H24N2O2/c1-11-6-13(5-4-12(11)10-18)17-9-15(19)7-14(17)8-16(2)3/h4-6,14-15,18-19H,7-10H2,1-3H3. The van der Waals surface area contributed by atoms with Crippen molar-refractivity contribution in [2.45, 2.75) is 32.1 Å². The smallest absolute Gasteiger partial charge is 0.0735 e. The van der Waals surface area contributed by atoms with Gasteiger partial charge < -0.3 is 20.0 Å². The largest absolute Gasteiger partial charge is 0.392 e. The van der Waals surface area contributed by atoms with Gasteiger partial charge in [0.05, 0.1) is 12.7 Å². The first-order valence-corrected chi connectivity index (χ1v) is 6.81. The van der Waals surface area contributed by atoms with Crippen LogP contribution in [0.2, 0.25) is 0 Å². The molecule has 19 heavy (non-hydrogen) atoms. The van der Waals surface area contributed by atoms with Crippen LogP contribution in [0.1, 0.15) is 17.5 Å². The zero-order valence-corrected chi connectivity index (χ0v) is 12.0. The number of benzene rings is 1. The quantitative estimate of drug-likeness (QED) is 0.851. The third-order valence-electron chi connectivity index (χ3n) is 3.80. The van der Waals surface area contributed by atoms with Crippen molar-refractivity contribution in [2.24, 2.45) is 0 Å². The molecule has 2 N–H and O–H groups in total. The van der Waals surface area contributed by atoms with Crippen molar-refractivity contribution in [1.29, 1.82) is 0 Å². The van der Waals surface area contributed by atoms with Crippen molar-refractivity contribution in [3.63, 3.8) is 0 Å². The number of anilines is 1. The molecular weight excluding hydrogens is 240 g/mol. The van der Waals surface area contributed by atoms with Crippen LogP contribution in [0, 0.1) is 6.92 Å². The highest BCUT2D eigenvalue weighted by molar-refractivity contribution is 5.52. The molecule has 1 aliphatic heterocycles. The molecule has 1 saturated heterocycles. The molecule has 2 rings (SSSR count). The summed E-state index contributed by atoms with van der Waals surface area (Å²) in [4.78, 5) is 4.43. The van der Waals surface area contributed by atoms with Gasteiger partial charge in [0.25, 0.3) is 0 Å². The molecule has 106 valence electrons. The average molecular weight is 264 g/mol. The second-order valence-electron chi connectivity index (χ2n) is 5.73. The molecule has 1 heterocycles. The summed E-state index contributed by atoms with van der Waals surface area (Å²) in [5.74, 6) is 0. The number of nitrogens with zero attached hydrogens (tertiary/aromatic N) is 2. The van der Waals surface area contributed by atoms with Gasteiger partial charge in [-0.3, -0.25) is 0 Å². The Bertz CT molecular complexity index is 434. The summed E-state index contributed by atoms with van der Waals surface area (Å²) in [7, 11) is 4.12. The molecule has 1 fully saturated rings. The second kappa shape index (κ2) is 5.90. The van der Waals surface area contributed by atoms with E-state index in [0.717, 1.165) is 29.8 Å². The maximum absolute atomic E-state index is 9.91. The van der Waals surface area contributed by atoms with Crippen LogP contribution in [0.15, 0.2) is 18.2 Å². The Kier molecular flexibility index (Phi) is 4.45. The minimum absolute atomic E-state index is 0.0792. The van der Waals surface area contributed by atoms with E-state index in [4.69, 9.17) is 0 Å². The van der Waals surface area contributed by atoms with Gasteiger partial charge in [-0.25, -0.2) is 0 Å². The molecule has 0 amide bonds. The predicted octanol–water partition coefficient (Wildman–Crippen LogP) is 0.989. The summed E-state index contributed by atoms with van der Waals surface area (Å²) in [6.45, 7) is 3.73. The fraction of sp³-hybridized carbons (Fsp3) is 0.600. The number of likely N-dealkylation sites (N-methyl/N-ethyl adjacent to an activating group) is 1. The number of hydrogen-bond acceptors (Lipinski definition) is 4. The Morgan fingerprint density at radius 2 is 2.11 bits per heavy atom. The van der Waals surface area contributed by atoms with Gasteiger partial charge in [-0.1, -0.05) is 6.07 Å². The maximum atomic E-state index is 9.91. The van der Waals surface area contributed by atoms with E-state index in [1.807, 2.05) is 19.1 Å². The van der Waals surface area contributed by atoms with E-state index < -0.39 is 0 Å². The van der Waals surface area contributed by atoms with Gasteiger partial charge in [-0.15, -0.1) is 0 Å². The van der Waals surface area contributed by atoms with Crippen LogP contribution in [0.3, 0.4) is 0 Å². The lowest BCUT2D eigenvalue weighted by Crippen LogP contribution is -2.37. The van der Waals surface area contributed by atoms with Crippen molar-refractivity contribution >= 4 is 5.69 Å². The van der Waals surface area contributed by atoms with Crippen LogP contribution >= 0.6 is 0 Å². The van der Waals surface area contributed by atoms with E-state index >= 15 is 0 Å². The van der Waals surface area contributed by atoms with Gasteiger partial charge in [0, 0.05) is 24.8 Å². The lowest BCUT2D eigenvalue weighted by Gasteiger charge is -2.29. The first kappa shape index (κ1) is 14.3. The number of hydrogen-bond donors (Lipinski definition) is 2. The molecule has 4 nitrogen and oxygen atoms in total. The molecule has 0 radical (unpaired) electrons. The number of aryl methyl sites for hydroxylation is 1. The van der Waals surface area contributed by atoms with E-state index in [0.29, 0.717) is 12.6 Å². The van der Waals surface area contributed by atoms with Crippen molar-refractivity contribution < 1.29 is 10.2 Å². The van der Waals surface area contributed by atoms with Crippen LogP contribution in [-0.2, 0) is 6.61 Å². The molecule has 1 aromatic rings. The van der Waals surface area contributed by atoms with E-state index in [-0.39, 0.29) is 12.7 Å². The van der Waals surface area contributed by atoms with Gasteiger partial charge in [0.2, 0.25) is 0 Å². The van der Waals surface area contributed by atoms with Gasteiger partial charge in [-0.05, 0) is 50.7 Å². The number of rotatable bonds is 4. The molecule has 0 aromatic heterocycles. The first-order chi connectivity index (χ1) is 9.01. The van der Waals surface area contributed by atoms with E-state index in [9.17, 15) is 10.2 Å². The molecule has 0 spiro atoms. The van der Waals surface area contributed by atoms with E-state index in [1.165, 1.54) is 0 Å². The van der Waals surface area contributed by atoms with Crippen LogP contribution in [0.4, 0.5) is 5.69 Å². The van der Waals surface area contributed by atoms with E-state index in [2.05, 4.69) is 30.0 Å². The second-order valence-corrected chi connectivity index (χ2v) is 5.73. The lowest BCUT2D eigenvalue weighted by molar-refractivity contribution is 0.191. The molecule has 2 atom stereocenters. The highest BCUT2D eigenvalue weighted by Gasteiger charge is 2.31.